The van der Waals surface area contributed by atoms with Crippen molar-refractivity contribution >= 4 is 27.5 Å². The van der Waals surface area contributed by atoms with Gasteiger partial charge in [-0.1, -0.05) is 13.3 Å². The third-order valence-corrected chi connectivity index (χ3v) is 3.52. The molecule has 0 saturated carbocycles. The van der Waals surface area contributed by atoms with E-state index in [1.54, 1.807) is 6.20 Å². The van der Waals surface area contributed by atoms with E-state index in [0.717, 1.165) is 12.8 Å². The first-order chi connectivity index (χ1) is 9.60. The van der Waals surface area contributed by atoms with E-state index < -0.39 is 0 Å². The number of aryl methyl sites for hydroxylation is 1. The zero-order chi connectivity index (χ0) is 15.0. The molecule has 0 aliphatic heterocycles. The van der Waals surface area contributed by atoms with Gasteiger partial charge in [0, 0.05) is 26.1 Å². The Bertz CT molecular complexity index is 502. The maximum atomic E-state index is 12.0. The average molecular weight is 345 g/mol. The third kappa shape index (κ3) is 4.96. The molecule has 0 atom stereocenters. The van der Waals surface area contributed by atoms with Crippen molar-refractivity contribution in [3.8, 4) is 0 Å². The summed E-state index contributed by atoms with van der Waals surface area (Å²) in [6, 6.07) is 0. The average Bonchev–Trinajstić information content (AvgIpc) is 2.43. The largest absolute Gasteiger partial charge is 0.382 e. The van der Waals surface area contributed by atoms with Gasteiger partial charge in [-0.25, -0.2) is 4.68 Å². The molecule has 0 aliphatic carbocycles. The number of anilines is 1. The number of hydrogen-bond donors (Lipinski definition) is 2. The summed E-state index contributed by atoms with van der Waals surface area (Å²) in [7, 11) is 0. The van der Waals surface area contributed by atoms with Gasteiger partial charge >= 0.3 is 0 Å². The molecule has 1 aromatic heterocycles. The summed E-state index contributed by atoms with van der Waals surface area (Å²) < 4.78 is 1.90. The summed E-state index contributed by atoms with van der Waals surface area (Å²) in [4.78, 5) is 23.3. The monoisotopic (exact) mass is 344 g/mol. The third-order valence-electron chi connectivity index (χ3n) is 2.75. The van der Waals surface area contributed by atoms with E-state index in [9.17, 15) is 9.59 Å². The molecule has 7 heteroatoms. The standard InChI is InChI=1S/C13H21BrN4O2/c1-3-5-8-18-13(20)12(14)10(9-17-18)16-7-6-11(19)15-4-2/h9,16H,3-8H2,1-2H3,(H,15,19). The number of rotatable bonds is 8. The molecule has 0 unspecified atom stereocenters. The summed E-state index contributed by atoms with van der Waals surface area (Å²) in [6.45, 7) is 5.65. The zero-order valence-electron chi connectivity index (χ0n) is 11.9. The Balaban J connectivity index is 2.61. The molecule has 0 saturated heterocycles. The number of amides is 1. The molecule has 0 spiro atoms. The number of carbonyl (C=O) groups excluding carboxylic acids is 1. The lowest BCUT2D eigenvalue weighted by atomic mass is 10.3. The molecule has 112 valence electrons. The van der Waals surface area contributed by atoms with Gasteiger partial charge < -0.3 is 10.6 Å². The second-order valence-corrected chi connectivity index (χ2v) is 5.18. The number of aromatic nitrogens is 2. The van der Waals surface area contributed by atoms with Crippen LogP contribution in [0.15, 0.2) is 15.5 Å². The SMILES string of the molecule is CCCCn1ncc(NCCC(=O)NCC)c(Br)c1=O. The van der Waals surface area contributed by atoms with E-state index in [0.29, 0.717) is 36.2 Å². The first-order valence-electron chi connectivity index (χ1n) is 6.86. The Kier molecular flexibility index (Phi) is 7.28. The zero-order valence-corrected chi connectivity index (χ0v) is 13.5. The predicted molar refractivity (Wildman–Crippen MR) is 82.9 cm³/mol. The van der Waals surface area contributed by atoms with Crippen LogP contribution in [-0.4, -0.2) is 28.8 Å². The topological polar surface area (TPSA) is 76.0 Å². The molecular weight excluding hydrogens is 324 g/mol. The van der Waals surface area contributed by atoms with E-state index in [1.165, 1.54) is 4.68 Å². The van der Waals surface area contributed by atoms with Gasteiger partial charge in [0.1, 0.15) is 4.47 Å². The van der Waals surface area contributed by atoms with Crippen molar-refractivity contribution in [1.82, 2.24) is 15.1 Å². The molecule has 6 nitrogen and oxygen atoms in total. The molecule has 1 rings (SSSR count). The van der Waals surface area contributed by atoms with Crippen LogP contribution in [0.3, 0.4) is 0 Å². The number of carbonyl (C=O) groups is 1. The van der Waals surface area contributed by atoms with E-state index >= 15 is 0 Å². The highest BCUT2D eigenvalue weighted by Crippen LogP contribution is 2.16. The minimum atomic E-state index is -0.151. The van der Waals surface area contributed by atoms with Gasteiger partial charge in [0.2, 0.25) is 5.91 Å². The van der Waals surface area contributed by atoms with Crippen LogP contribution in [0.2, 0.25) is 0 Å². The number of unbranched alkanes of at least 4 members (excludes halogenated alkanes) is 1. The second kappa shape index (κ2) is 8.73. The Labute approximate surface area is 127 Å². The lowest BCUT2D eigenvalue weighted by Gasteiger charge is -2.10. The summed E-state index contributed by atoms with van der Waals surface area (Å²) in [5.41, 5.74) is 0.466. The Morgan fingerprint density at radius 2 is 2.20 bits per heavy atom. The molecule has 0 radical (unpaired) electrons. The van der Waals surface area contributed by atoms with Gasteiger partial charge in [-0.15, -0.1) is 0 Å². The fourth-order valence-electron chi connectivity index (χ4n) is 1.65. The Hall–Kier alpha value is -1.37. The van der Waals surface area contributed by atoms with Crippen molar-refractivity contribution in [3.05, 3.63) is 21.0 Å². The molecule has 0 aromatic carbocycles. The van der Waals surface area contributed by atoms with E-state index in [1.807, 2.05) is 6.92 Å². The van der Waals surface area contributed by atoms with Crippen LogP contribution in [0.5, 0.6) is 0 Å². The molecule has 0 aliphatic rings. The molecule has 0 fully saturated rings. The first kappa shape index (κ1) is 16.7. The van der Waals surface area contributed by atoms with Crippen LogP contribution < -0.4 is 16.2 Å². The molecular formula is C13H21BrN4O2. The fraction of sp³-hybridized carbons (Fsp3) is 0.615. The molecule has 1 amide bonds. The van der Waals surface area contributed by atoms with Crippen LogP contribution in [0.1, 0.15) is 33.1 Å². The molecule has 2 N–H and O–H groups in total. The van der Waals surface area contributed by atoms with Crippen molar-refractivity contribution in [1.29, 1.82) is 0 Å². The highest BCUT2D eigenvalue weighted by molar-refractivity contribution is 9.10. The predicted octanol–water partition coefficient (Wildman–Crippen LogP) is 1.74. The van der Waals surface area contributed by atoms with Gasteiger partial charge in [-0.2, -0.15) is 5.10 Å². The Morgan fingerprint density at radius 1 is 1.45 bits per heavy atom. The lowest BCUT2D eigenvalue weighted by molar-refractivity contribution is -0.120. The number of nitrogens with zero attached hydrogens (tertiary/aromatic N) is 2. The van der Waals surface area contributed by atoms with E-state index in [2.05, 4.69) is 38.6 Å². The second-order valence-electron chi connectivity index (χ2n) is 4.38. The van der Waals surface area contributed by atoms with E-state index in [-0.39, 0.29) is 11.5 Å². The van der Waals surface area contributed by atoms with Gasteiger partial charge in [0.25, 0.3) is 5.56 Å². The molecule has 20 heavy (non-hydrogen) atoms. The van der Waals surface area contributed by atoms with Crippen LogP contribution >= 0.6 is 15.9 Å². The normalized spacial score (nSPS) is 10.3. The van der Waals surface area contributed by atoms with Gasteiger partial charge in [0.05, 0.1) is 11.9 Å². The lowest BCUT2D eigenvalue weighted by Crippen LogP contribution is -2.26. The molecule has 1 aromatic rings. The minimum absolute atomic E-state index is 0.0135. The highest BCUT2D eigenvalue weighted by atomic mass is 79.9. The Morgan fingerprint density at radius 3 is 2.85 bits per heavy atom. The minimum Gasteiger partial charge on any atom is -0.382 e. The highest BCUT2D eigenvalue weighted by Gasteiger charge is 2.08. The summed E-state index contributed by atoms with van der Waals surface area (Å²) in [5, 5.41) is 9.88. The smallest absolute Gasteiger partial charge is 0.283 e. The van der Waals surface area contributed by atoms with Crippen molar-refractivity contribution in [3.63, 3.8) is 0 Å². The van der Waals surface area contributed by atoms with Crippen molar-refractivity contribution in [2.24, 2.45) is 0 Å². The van der Waals surface area contributed by atoms with Crippen LogP contribution in [0.4, 0.5) is 5.69 Å². The van der Waals surface area contributed by atoms with E-state index in [4.69, 9.17) is 0 Å². The van der Waals surface area contributed by atoms with Gasteiger partial charge in [0.15, 0.2) is 0 Å². The quantitative estimate of drug-likeness (QED) is 0.753. The summed E-state index contributed by atoms with van der Waals surface area (Å²) >= 11 is 3.28. The van der Waals surface area contributed by atoms with Crippen molar-refractivity contribution < 1.29 is 4.79 Å². The molecule has 1 heterocycles. The van der Waals surface area contributed by atoms with Crippen LogP contribution in [-0.2, 0) is 11.3 Å². The number of hydrogen-bond acceptors (Lipinski definition) is 4. The van der Waals surface area contributed by atoms with Crippen molar-refractivity contribution in [2.75, 3.05) is 18.4 Å². The van der Waals surface area contributed by atoms with Crippen LogP contribution in [0.25, 0.3) is 0 Å². The van der Waals surface area contributed by atoms with Crippen molar-refractivity contribution in [2.45, 2.75) is 39.7 Å². The summed E-state index contributed by atoms with van der Waals surface area (Å²) in [5.74, 6) is -0.0135. The van der Waals surface area contributed by atoms with Gasteiger partial charge in [-0.3, -0.25) is 9.59 Å². The molecule has 0 bridgehead atoms. The maximum Gasteiger partial charge on any atom is 0.283 e. The fourth-order valence-corrected chi connectivity index (χ4v) is 2.10. The summed E-state index contributed by atoms with van der Waals surface area (Å²) in [6.07, 6.45) is 3.90. The number of nitrogens with one attached hydrogen (secondary N) is 2. The number of halogens is 1. The van der Waals surface area contributed by atoms with Gasteiger partial charge in [-0.05, 0) is 29.3 Å². The van der Waals surface area contributed by atoms with Crippen LogP contribution in [0, 0.1) is 0 Å². The first-order valence-corrected chi connectivity index (χ1v) is 7.65. The maximum absolute atomic E-state index is 12.0.